The van der Waals surface area contributed by atoms with Gasteiger partial charge in [-0.1, -0.05) is 0 Å². The molecule has 0 amide bonds. The van der Waals surface area contributed by atoms with Gasteiger partial charge in [-0.3, -0.25) is 4.79 Å². The lowest BCUT2D eigenvalue weighted by atomic mass is 10.2. The van der Waals surface area contributed by atoms with E-state index in [0.717, 1.165) is 18.7 Å². The van der Waals surface area contributed by atoms with Crippen LogP contribution in [0.25, 0.3) is 0 Å². The Bertz CT molecular complexity index is 233. The van der Waals surface area contributed by atoms with E-state index in [2.05, 4.69) is 25.4 Å². The fourth-order valence-electron chi connectivity index (χ4n) is 1.13. The third kappa shape index (κ3) is 3.43. The van der Waals surface area contributed by atoms with Crippen molar-refractivity contribution in [1.29, 1.82) is 0 Å². The molecule has 2 nitrogen and oxygen atoms in total. The van der Waals surface area contributed by atoms with Crippen LogP contribution in [0.3, 0.4) is 0 Å². The summed E-state index contributed by atoms with van der Waals surface area (Å²) in [6, 6.07) is 0. The van der Waals surface area contributed by atoms with E-state index in [4.69, 9.17) is 0 Å². The number of ketones is 1. The molecule has 0 radical (unpaired) electrons. The molecule has 0 saturated heterocycles. The Morgan fingerprint density at radius 2 is 2.23 bits per heavy atom. The van der Waals surface area contributed by atoms with E-state index in [-0.39, 0.29) is 10.5 Å². The molecule has 0 bridgehead atoms. The number of hydrogen-bond donors (Lipinski definition) is 1. The molecule has 0 aliphatic heterocycles. The summed E-state index contributed by atoms with van der Waals surface area (Å²) < 4.78 is 0.243. The van der Waals surface area contributed by atoms with Crippen LogP contribution < -0.4 is 5.32 Å². The largest absolute Gasteiger partial charge is 0.387 e. The summed E-state index contributed by atoms with van der Waals surface area (Å²) in [7, 11) is 0. The van der Waals surface area contributed by atoms with Crippen LogP contribution in [0.15, 0.2) is 11.8 Å². The Morgan fingerprint density at radius 1 is 1.54 bits per heavy atom. The minimum Gasteiger partial charge on any atom is -0.387 e. The van der Waals surface area contributed by atoms with Crippen molar-refractivity contribution >= 4 is 17.5 Å². The van der Waals surface area contributed by atoms with Crippen molar-refractivity contribution in [2.24, 2.45) is 0 Å². The fourth-order valence-corrected chi connectivity index (χ4v) is 1.35. The Labute approximate surface area is 84.2 Å². The maximum absolute atomic E-state index is 10.9. The third-order valence-corrected chi connectivity index (χ3v) is 3.52. The minimum absolute atomic E-state index is 0.243. The molecule has 0 atom stereocenters. The highest BCUT2D eigenvalue weighted by atomic mass is 32.2. The molecule has 1 rings (SSSR count). The molecule has 0 saturated carbocycles. The standard InChI is InChI=1S/C10H17NOS/c1-10(2,13-3)7-11-8-4-5-9(12)6-8/h6,11H,4-5,7H2,1-3H3. The Morgan fingerprint density at radius 3 is 2.69 bits per heavy atom. The molecule has 0 fully saturated rings. The van der Waals surface area contributed by atoms with Crippen LogP contribution in [0.1, 0.15) is 26.7 Å². The second-order valence-electron chi connectivity index (χ2n) is 3.95. The first kappa shape index (κ1) is 10.6. The smallest absolute Gasteiger partial charge is 0.157 e. The van der Waals surface area contributed by atoms with Gasteiger partial charge in [-0.15, -0.1) is 0 Å². The summed E-state index contributed by atoms with van der Waals surface area (Å²) in [5.41, 5.74) is 1.10. The number of nitrogens with one attached hydrogen (secondary N) is 1. The predicted molar refractivity (Wildman–Crippen MR) is 57.9 cm³/mol. The van der Waals surface area contributed by atoms with Crippen molar-refractivity contribution in [3.8, 4) is 0 Å². The van der Waals surface area contributed by atoms with Gasteiger partial charge in [0.25, 0.3) is 0 Å². The molecule has 3 heteroatoms. The molecule has 1 aliphatic rings. The Balaban J connectivity index is 2.35. The van der Waals surface area contributed by atoms with Gasteiger partial charge >= 0.3 is 0 Å². The van der Waals surface area contributed by atoms with Crippen molar-refractivity contribution in [2.75, 3.05) is 12.8 Å². The maximum atomic E-state index is 10.9. The van der Waals surface area contributed by atoms with Gasteiger partial charge in [-0.05, 0) is 26.5 Å². The van der Waals surface area contributed by atoms with Gasteiger partial charge in [0, 0.05) is 29.5 Å². The molecule has 0 spiro atoms. The van der Waals surface area contributed by atoms with Crippen LogP contribution in [-0.2, 0) is 4.79 Å². The summed E-state index contributed by atoms with van der Waals surface area (Å²) in [6.07, 6.45) is 5.41. The van der Waals surface area contributed by atoms with E-state index in [1.807, 2.05) is 11.8 Å². The maximum Gasteiger partial charge on any atom is 0.157 e. The molecule has 0 aromatic heterocycles. The number of carbonyl (C=O) groups is 1. The van der Waals surface area contributed by atoms with E-state index in [1.165, 1.54) is 0 Å². The highest BCUT2D eigenvalue weighted by Crippen LogP contribution is 2.21. The monoisotopic (exact) mass is 199 g/mol. The molecule has 13 heavy (non-hydrogen) atoms. The number of hydrogen-bond acceptors (Lipinski definition) is 3. The average Bonchev–Trinajstić information content (AvgIpc) is 2.48. The fraction of sp³-hybridized carbons (Fsp3) is 0.700. The topological polar surface area (TPSA) is 29.1 Å². The highest BCUT2D eigenvalue weighted by Gasteiger charge is 2.18. The van der Waals surface area contributed by atoms with Gasteiger partial charge in [0.1, 0.15) is 0 Å². The summed E-state index contributed by atoms with van der Waals surface area (Å²) in [5.74, 6) is 0.254. The molecule has 0 heterocycles. The summed E-state index contributed by atoms with van der Waals surface area (Å²) in [5, 5.41) is 3.32. The number of carbonyl (C=O) groups excluding carboxylic acids is 1. The van der Waals surface area contributed by atoms with Crippen molar-refractivity contribution < 1.29 is 4.79 Å². The van der Waals surface area contributed by atoms with Crippen LogP contribution in [0.4, 0.5) is 0 Å². The lowest BCUT2D eigenvalue weighted by Gasteiger charge is -2.23. The normalized spacial score (nSPS) is 17.5. The molecular formula is C10H17NOS. The Hall–Kier alpha value is -0.440. The van der Waals surface area contributed by atoms with Gasteiger partial charge in [0.15, 0.2) is 5.78 Å². The molecule has 1 aliphatic carbocycles. The first-order valence-electron chi connectivity index (χ1n) is 4.56. The zero-order valence-electron chi connectivity index (χ0n) is 8.52. The van der Waals surface area contributed by atoms with Crippen molar-refractivity contribution in [3.05, 3.63) is 11.8 Å². The van der Waals surface area contributed by atoms with Gasteiger partial charge in [-0.2, -0.15) is 11.8 Å². The zero-order valence-corrected chi connectivity index (χ0v) is 9.33. The zero-order chi connectivity index (χ0) is 9.90. The van der Waals surface area contributed by atoms with Crippen LogP contribution in [0.5, 0.6) is 0 Å². The van der Waals surface area contributed by atoms with Crippen LogP contribution in [0.2, 0.25) is 0 Å². The SMILES string of the molecule is CSC(C)(C)CNC1=CC(=O)CC1. The van der Waals surface area contributed by atoms with Crippen LogP contribution in [-0.4, -0.2) is 23.3 Å². The van der Waals surface area contributed by atoms with Crippen LogP contribution >= 0.6 is 11.8 Å². The molecule has 0 unspecified atom stereocenters. The first-order chi connectivity index (χ1) is 6.03. The first-order valence-corrected chi connectivity index (χ1v) is 5.78. The van der Waals surface area contributed by atoms with Gasteiger partial charge in [0.2, 0.25) is 0 Å². The van der Waals surface area contributed by atoms with Crippen LogP contribution in [0, 0.1) is 0 Å². The van der Waals surface area contributed by atoms with E-state index in [9.17, 15) is 4.79 Å². The molecule has 1 N–H and O–H groups in total. The van der Waals surface area contributed by atoms with Gasteiger partial charge < -0.3 is 5.32 Å². The summed E-state index contributed by atoms with van der Waals surface area (Å²) in [4.78, 5) is 10.9. The van der Waals surface area contributed by atoms with E-state index >= 15 is 0 Å². The van der Waals surface area contributed by atoms with Crippen molar-refractivity contribution in [2.45, 2.75) is 31.4 Å². The minimum atomic E-state index is 0.243. The number of rotatable bonds is 4. The third-order valence-electron chi connectivity index (χ3n) is 2.27. The summed E-state index contributed by atoms with van der Waals surface area (Å²) in [6.45, 7) is 5.32. The predicted octanol–water partition coefficient (Wildman–Crippen LogP) is 1.96. The number of thioether (sulfide) groups is 1. The van der Waals surface area contributed by atoms with Gasteiger partial charge in [0.05, 0.1) is 0 Å². The second kappa shape index (κ2) is 4.18. The molecule has 0 aromatic rings. The molecule has 74 valence electrons. The lowest BCUT2D eigenvalue weighted by Crippen LogP contribution is -2.31. The van der Waals surface area contributed by atoms with E-state index in [0.29, 0.717) is 6.42 Å². The lowest BCUT2D eigenvalue weighted by molar-refractivity contribution is -0.114. The highest BCUT2D eigenvalue weighted by molar-refractivity contribution is 7.99. The van der Waals surface area contributed by atoms with E-state index < -0.39 is 0 Å². The van der Waals surface area contributed by atoms with Gasteiger partial charge in [-0.25, -0.2) is 0 Å². The van der Waals surface area contributed by atoms with E-state index in [1.54, 1.807) is 6.08 Å². The summed E-state index contributed by atoms with van der Waals surface area (Å²) >= 11 is 1.84. The van der Waals surface area contributed by atoms with Crippen molar-refractivity contribution in [1.82, 2.24) is 5.32 Å². The van der Waals surface area contributed by atoms with Crippen molar-refractivity contribution in [3.63, 3.8) is 0 Å². The molecular weight excluding hydrogens is 182 g/mol. The quantitative estimate of drug-likeness (QED) is 0.750. The average molecular weight is 199 g/mol. The second-order valence-corrected chi connectivity index (χ2v) is 5.47. The Kier molecular flexibility index (Phi) is 3.42. The molecule has 0 aromatic carbocycles. The number of allylic oxidation sites excluding steroid dienone is 2.